The van der Waals surface area contributed by atoms with Crippen molar-refractivity contribution in [1.29, 1.82) is 0 Å². The van der Waals surface area contributed by atoms with Crippen molar-refractivity contribution in [3.05, 3.63) is 63.8 Å². The van der Waals surface area contributed by atoms with Crippen molar-refractivity contribution in [3.63, 3.8) is 0 Å². The van der Waals surface area contributed by atoms with Gasteiger partial charge in [0.15, 0.2) is 5.69 Å². The number of nitrogens with one attached hydrogen (secondary N) is 2. The fourth-order valence-corrected chi connectivity index (χ4v) is 2.63. The van der Waals surface area contributed by atoms with Gasteiger partial charge in [0, 0.05) is 36.3 Å². The quantitative estimate of drug-likeness (QED) is 0.715. The summed E-state index contributed by atoms with van der Waals surface area (Å²) in [5, 5.41) is 5.74. The molecular weight excluding hydrogens is 375 g/mol. The Balaban J connectivity index is 1.91. The van der Waals surface area contributed by atoms with E-state index >= 15 is 0 Å². The van der Waals surface area contributed by atoms with Gasteiger partial charge in [-0.1, -0.05) is 19.1 Å². The van der Waals surface area contributed by atoms with Gasteiger partial charge in [0.25, 0.3) is 11.5 Å². The van der Waals surface area contributed by atoms with E-state index in [4.69, 9.17) is 0 Å². The molecule has 0 atom stereocenters. The minimum Gasteiger partial charge on any atom is -0.322 e. The van der Waals surface area contributed by atoms with Gasteiger partial charge in [-0.3, -0.25) is 14.3 Å². The van der Waals surface area contributed by atoms with Gasteiger partial charge in [0.2, 0.25) is 0 Å². The van der Waals surface area contributed by atoms with Crippen LogP contribution in [0.1, 0.15) is 28.7 Å². The highest BCUT2D eigenvalue weighted by Crippen LogP contribution is 2.31. The van der Waals surface area contributed by atoms with Crippen LogP contribution in [0, 0.1) is 0 Å². The molecule has 0 bridgehead atoms. The Kier molecular flexibility index (Phi) is 5.04. The lowest BCUT2D eigenvalue weighted by molar-refractivity contribution is -0.141. The number of rotatable bonds is 4. The van der Waals surface area contributed by atoms with Crippen molar-refractivity contribution >= 4 is 11.6 Å². The minimum absolute atomic E-state index is 0.254. The van der Waals surface area contributed by atoms with Gasteiger partial charge >= 0.3 is 6.18 Å². The number of benzene rings is 1. The lowest BCUT2D eigenvalue weighted by Crippen LogP contribution is -2.18. The predicted octanol–water partition coefficient (Wildman–Crippen LogP) is 3.00. The van der Waals surface area contributed by atoms with Crippen molar-refractivity contribution < 1.29 is 18.0 Å². The molecule has 0 fully saturated rings. The van der Waals surface area contributed by atoms with E-state index in [2.05, 4.69) is 20.4 Å². The van der Waals surface area contributed by atoms with Gasteiger partial charge in [-0.15, -0.1) is 0 Å². The molecule has 0 radical (unpaired) electrons. The van der Waals surface area contributed by atoms with Gasteiger partial charge in [-0.25, -0.2) is 4.98 Å². The van der Waals surface area contributed by atoms with E-state index in [1.54, 1.807) is 12.1 Å². The third-order valence-corrected chi connectivity index (χ3v) is 3.89. The van der Waals surface area contributed by atoms with Gasteiger partial charge in [0.05, 0.1) is 5.56 Å². The van der Waals surface area contributed by atoms with Gasteiger partial charge in [-0.2, -0.15) is 18.3 Å². The molecule has 1 amide bonds. The monoisotopic (exact) mass is 391 g/mol. The first kappa shape index (κ1) is 19.3. The summed E-state index contributed by atoms with van der Waals surface area (Å²) in [7, 11) is 1.30. The summed E-state index contributed by atoms with van der Waals surface area (Å²) >= 11 is 0. The summed E-state index contributed by atoms with van der Waals surface area (Å²) in [5.41, 5.74) is -0.804. The number of nitrogens with zero attached hydrogens (tertiary/aromatic N) is 3. The summed E-state index contributed by atoms with van der Waals surface area (Å²) < 4.78 is 40.1. The highest BCUT2D eigenvalue weighted by molar-refractivity contribution is 6.05. The second-order valence-electron chi connectivity index (χ2n) is 6.04. The largest absolute Gasteiger partial charge is 0.435 e. The number of halogens is 3. The number of hydrogen-bond donors (Lipinski definition) is 2. The number of alkyl halides is 3. The zero-order chi connectivity index (χ0) is 20.5. The highest BCUT2D eigenvalue weighted by Gasteiger charge is 2.39. The summed E-state index contributed by atoms with van der Waals surface area (Å²) in [6.45, 7) is 1.86. The molecule has 146 valence electrons. The Bertz CT molecular complexity index is 1090. The molecule has 3 aromatic rings. The molecule has 0 spiro atoms. The lowest BCUT2D eigenvalue weighted by Gasteiger charge is -2.09. The number of anilines is 1. The molecule has 1 aromatic carbocycles. The van der Waals surface area contributed by atoms with E-state index in [9.17, 15) is 22.8 Å². The Labute approximate surface area is 157 Å². The van der Waals surface area contributed by atoms with Crippen LogP contribution in [0.3, 0.4) is 0 Å². The molecule has 28 heavy (non-hydrogen) atoms. The number of aromatic nitrogens is 4. The Hall–Kier alpha value is -3.43. The smallest absolute Gasteiger partial charge is 0.322 e. The first-order chi connectivity index (χ1) is 13.2. The number of aromatic amines is 1. The molecule has 2 N–H and O–H groups in total. The van der Waals surface area contributed by atoms with E-state index in [0.29, 0.717) is 23.5 Å². The zero-order valence-corrected chi connectivity index (χ0v) is 15.0. The predicted molar refractivity (Wildman–Crippen MR) is 95.8 cm³/mol. The van der Waals surface area contributed by atoms with Crippen LogP contribution in [0.15, 0.2) is 41.3 Å². The molecule has 7 nitrogen and oxygen atoms in total. The normalized spacial score (nSPS) is 11.5. The number of amides is 1. The summed E-state index contributed by atoms with van der Waals surface area (Å²) in [6.07, 6.45) is -3.18. The first-order valence-corrected chi connectivity index (χ1v) is 8.30. The van der Waals surface area contributed by atoms with Crippen molar-refractivity contribution in [2.75, 3.05) is 5.32 Å². The van der Waals surface area contributed by atoms with Crippen LogP contribution in [0.4, 0.5) is 18.9 Å². The van der Waals surface area contributed by atoms with Crippen molar-refractivity contribution in [1.82, 2.24) is 19.7 Å². The SMILES string of the molecule is CCc1cc(=O)[nH]c(-c2cccc(NC(=O)c3cn(C)nc3C(F)(F)F)c2)n1. The van der Waals surface area contributed by atoms with Gasteiger partial charge in [-0.05, 0) is 18.6 Å². The molecule has 2 heterocycles. The van der Waals surface area contributed by atoms with E-state index in [1.165, 1.54) is 25.2 Å². The highest BCUT2D eigenvalue weighted by atomic mass is 19.4. The molecule has 3 rings (SSSR count). The minimum atomic E-state index is -4.75. The van der Waals surface area contributed by atoms with Crippen LogP contribution in [0.2, 0.25) is 0 Å². The van der Waals surface area contributed by atoms with Crippen LogP contribution in [0.25, 0.3) is 11.4 Å². The number of carbonyl (C=O) groups is 1. The standard InChI is InChI=1S/C18H16F3N5O2/c1-3-11-8-14(27)24-16(22-11)10-5-4-6-12(7-10)23-17(28)13-9-26(2)25-15(13)18(19,20)21/h4-9H,3H2,1-2H3,(H,23,28)(H,22,24,27). The lowest BCUT2D eigenvalue weighted by atomic mass is 10.1. The summed E-state index contributed by atoms with van der Waals surface area (Å²) in [6, 6.07) is 7.68. The van der Waals surface area contributed by atoms with E-state index < -0.39 is 23.3 Å². The average molecular weight is 391 g/mol. The van der Waals surface area contributed by atoms with Crippen LogP contribution < -0.4 is 10.9 Å². The molecule has 0 saturated carbocycles. The number of H-pyrrole nitrogens is 1. The maximum absolute atomic E-state index is 13.1. The maximum Gasteiger partial charge on any atom is 0.435 e. The van der Waals surface area contributed by atoms with Crippen LogP contribution >= 0.6 is 0 Å². The summed E-state index contributed by atoms with van der Waals surface area (Å²) in [4.78, 5) is 31.0. The van der Waals surface area contributed by atoms with Crippen LogP contribution in [0.5, 0.6) is 0 Å². The Morgan fingerprint density at radius 2 is 2.04 bits per heavy atom. The van der Waals surface area contributed by atoms with Crippen molar-refractivity contribution in [3.8, 4) is 11.4 Å². The van der Waals surface area contributed by atoms with Crippen LogP contribution in [-0.4, -0.2) is 25.7 Å². The summed E-state index contributed by atoms with van der Waals surface area (Å²) in [5.74, 6) is -0.640. The van der Waals surface area contributed by atoms with Crippen LogP contribution in [-0.2, 0) is 19.6 Å². The average Bonchev–Trinajstić information content (AvgIpc) is 3.04. The molecule has 0 aliphatic carbocycles. The van der Waals surface area contributed by atoms with Gasteiger partial charge in [0.1, 0.15) is 5.82 Å². The van der Waals surface area contributed by atoms with Gasteiger partial charge < -0.3 is 10.3 Å². The molecule has 0 saturated heterocycles. The van der Waals surface area contributed by atoms with E-state index in [0.717, 1.165) is 10.9 Å². The second kappa shape index (κ2) is 7.29. The molecule has 0 aliphatic rings. The number of hydrogen-bond acceptors (Lipinski definition) is 4. The fourth-order valence-electron chi connectivity index (χ4n) is 2.63. The van der Waals surface area contributed by atoms with E-state index in [-0.39, 0.29) is 11.2 Å². The number of aryl methyl sites for hydroxylation is 2. The topological polar surface area (TPSA) is 92.7 Å². The Morgan fingerprint density at radius 3 is 2.71 bits per heavy atom. The van der Waals surface area contributed by atoms with E-state index in [1.807, 2.05) is 6.92 Å². The third-order valence-electron chi connectivity index (χ3n) is 3.89. The maximum atomic E-state index is 13.1. The number of carbonyl (C=O) groups excluding carboxylic acids is 1. The Morgan fingerprint density at radius 1 is 1.29 bits per heavy atom. The molecular formula is C18H16F3N5O2. The fraction of sp³-hybridized carbons (Fsp3) is 0.222. The second-order valence-corrected chi connectivity index (χ2v) is 6.04. The van der Waals surface area contributed by atoms with Crippen molar-refractivity contribution in [2.24, 2.45) is 7.05 Å². The first-order valence-electron chi connectivity index (χ1n) is 8.30. The molecule has 2 aromatic heterocycles. The van der Waals surface area contributed by atoms with Crippen molar-refractivity contribution in [2.45, 2.75) is 19.5 Å². The molecule has 0 unspecified atom stereocenters. The molecule has 0 aliphatic heterocycles. The zero-order valence-electron chi connectivity index (χ0n) is 15.0. The third kappa shape index (κ3) is 4.11. The molecule has 10 heteroatoms.